The summed E-state index contributed by atoms with van der Waals surface area (Å²) in [6.07, 6.45) is 0. The van der Waals surface area contributed by atoms with Crippen molar-refractivity contribution in [3.05, 3.63) is 34.4 Å². The Balaban J connectivity index is 1.88. The number of nitrogens with zero attached hydrogens (tertiary/aromatic N) is 1. The number of carbonyl (C=O) groups is 1. The van der Waals surface area contributed by atoms with E-state index in [1.54, 1.807) is 0 Å². The van der Waals surface area contributed by atoms with Gasteiger partial charge in [0.1, 0.15) is 0 Å². The molecule has 0 aliphatic carbocycles. The first-order valence-electron chi connectivity index (χ1n) is 7.37. The Morgan fingerprint density at radius 3 is 2.40 bits per heavy atom. The second-order valence-corrected chi connectivity index (χ2v) is 5.62. The van der Waals surface area contributed by atoms with E-state index >= 15 is 0 Å². The van der Waals surface area contributed by atoms with Crippen molar-refractivity contribution in [2.24, 2.45) is 0 Å². The van der Waals surface area contributed by atoms with Crippen LogP contribution < -0.4 is 10.6 Å². The van der Waals surface area contributed by atoms with Crippen molar-refractivity contribution in [3.63, 3.8) is 0 Å². The summed E-state index contributed by atoms with van der Waals surface area (Å²) in [4.78, 5) is 14.7. The smallest absolute Gasteiger partial charge is 0.251 e. The Morgan fingerprint density at radius 1 is 1.20 bits per heavy atom. The summed E-state index contributed by atoms with van der Waals surface area (Å²) in [5.41, 5.74) is 4.15. The molecule has 1 aromatic rings. The van der Waals surface area contributed by atoms with Crippen LogP contribution in [-0.2, 0) is 0 Å². The lowest BCUT2D eigenvalue weighted by Crippen LogP contribution is -2.46. The molecule has 0 spiro atoms. The van der Waals surface area contributed by atoms with Gasteiger partial charge in [-0.05, 0) is 31.9 Å². The van der Waals surface area contributed by atoms with E-state index in [0.717, 1.165) is 49.4 Å². The third kappa shape index (κ3) is 3.81. The summed E-state index contributed by atoms with van der Waals surface area (Å²) in [5.74, 6) is 0.0511. The molecular formula is C16H25N3O. The van der Waals surface area contributed by atoms with Crippen LogP contribution in [0.2, 0.25) is 0 Å². The third-order valence-electron chi connectivity index (χ3n) is 3.83. The van der Waals surface area contributed by atoms with E-state index in [2.05, 4.69) is 34.6 Å². The molecule has 1 aromatic carbocycles. The highest BCUT2D eigenvalue weighted by Gasteiger charge is 2.13. The molecule has 0 atom stereocenters. The molecule has 20 heavy (non-hydrogen) atoms. The van der Waals surface area contributed by atoms with Crippen LogP contribution in [0.4, 0.5) is 0 Å². The van der Waals surface area contributed by atoms with E-state index in [-0.39, 0.29) is 5.91 Å². The lowest BCUT2D eigenvalue weighted by atomic mass is 9.99. The molecule has 2 N–H and O–H groups in total. The number of nitrogens with one attached hydrogen (secondary N) is 2. The van der Waals surface area contributed by atoms with Gasteiger partial charge in [-0.3, -0.25) is 9.69 Å². The monoisotopic (exact) mass is 275 g/mol. The van der Waals surface area contributed by atoms with Gasteiger partial charge in [-0.15, -0.1) is 0 Å². The average molecular weight is 275 g/mol. The molecule has 1 aliphatic rings. The fourth-order valence-electron chi connectivity index (χ4n) is 2.89. The molecule has 1 fully saturated rings. The molecular weight excluding hydrogens is 250 g/mol. The number of hydrogen-bond acceptors (Lipinski definition) is 3. The maximum absolute atomic E-state index is 12.3. The average Bonchev–Trinajstić information content (AvgIpc) is 2.38. The minimum atomic E-state index is 0.0511. The predicted octanol–water partition coefficient (Wildman–Crippen LogP) is 1.25. The highest BCUT2D eigenvalue weighted by molar-refractivity contribution is 5.97. The summed E-state index contributed by atoms with van der Waals surface area (Å²) in [6.45, 7) is 11.9. The standard InChI is InChI=1S/C16H25N3O/c1-12-10-13(2)15(14(3)11-12)16(20)18-6-9-19-7-4-17-5-8-19/h10-11,17H,4-9H2,1-3H3,(H,18,20). The molecule has 1 heterocycles. The number of rotatable bonds is 4. The van der Waals surface area contributed by atoms with Gasteiger partial charge >= 0.3 is 0 Å². The van der Waals surface area contributed by atoms with Crippen LogP contribution in [-0.4, -0.2) is 50.1 Å². The van der Waals surface area contributed by atoms with Gasteiger partial charge < -0.3 is 10.6 Å². The van der Waals surface area contributed by atoms with Gasteiger partial charge in [0.25, 0.3) is 5.91 Å². The summed E-state index contributed by atoms with van der Waals surface area (Å²) in [6, 6.07) is 4.14. The van der Waals surface area contributed by atoms with E-state index in [9.17, 15) is 4.79 Å². The molecule has 0 aromatic heterocycles. The first-order valence-corrected chi connectivity index (χ1v) is 7.37. The number of amides is 1. The van der Waals surface area contributed by atoms with Crippen LogP contribution in [0.25, 0.3) is 0 Å². The SMILES string of the molecule is Cc1cc(C)c(C(=O)NCCN2CCNCC2)c(C)c1. The Hall–Kier alpha value is -1.39. The van der Waals surface area contributed by atoms with Crippen molar-refractivity contribution < 1.29 is 4.79 Å². The van der Waals surface area contributed by atoms with Crippen molar-refractivity contribution in [1.29, 1.82) is 0 Å². The second-order valence-electron chi connectivity index (χ2n) is 5.62. The molecule has 1 saturated heterocycles. The highest BCUT2D eigenvalue weighted by atomic mass is 16.1. The van der Waals surface area contributed by atoms with E-state index < -0.39 is 0 Å². The summed E-state index contributed by atoms with van der Waals surface area (Å²) in [5, 5.41) is 6.38. The normalized spacial score (nSPS) is 16.1. The fourth-order valence-corrected chi connectivity index (χ4v) is 2.89. The van der Waals surface area contributed by atoms with Gasteiger partial charge in [0.2, 0.25) is 0 Å². The van der Waals surface area contributed by atoms with Crippen molar-refractivity contribution in [2.45, 2.75) is 20.8 Å². The molecule has 2 rings (SSSR count). The highest BCUT2D eigenvalue weighted by Crippen LogP contribution is 2.16. The lowest BCUT2D eigenvalue weighted by Gasteiger charge is -2.27. The van der Waals surface area contributed by atoms with Crippen molar-refractivity contribution >= 4 is 5.91 Å². The second kappa shape index (κ2) is 6.86. The Bertz CT molecular complexity index is 456. The number of piperazine rings is 1. The quantitative estimate of drug-likeness (QED) is 0.869. The van der Waals surface area contributed by atoms with Crippen LogP contribution in [0.15, 0.2) is 12.1 Å². The van der Waals surface area contributed by atoms with Crippen LogP contribution in [0.5, 0.6) is 0 Å². The molecule has 110 valence electrons. The van der Waals surface area contributed by atoms with E-state index in [1.165, 1.54) is 5.56 Å². The molecule has 0 unspecified atom stereocenters. The lowest BCUT2D eigenvalue weighted by molar-refractivity contribution is 0.0946. The van der Waals surface area contributed by atoms with Crippen molar-refractivity contribution in [2.75, 3.05) is 39.3 Å². The molecule has 0 bridgehead atoms. The van der Waals surface area contributed by atoms with Crippen LogP contribution in [0, 0.1) is 20.8 Å². The molecule has 0 radical (unpaired) electrons. The van der Waals surface area contributed by atoms with Gasteiger partial charge in [0.05, 0.1) is 0 Å². The van der Waals surface area contributed by atoms with Crippen molar-refractivity contribution in [3.8, 4) is 0 Å². The zero-order valence-corrected chi connectivity index (χ0v) is 12.8. The topological polar surface area (TPSA) is 44.4 Å². The van der Waals surface area contributed by atoms with Crippen molar-refractivity contribution in [1.82, 2.24) is 15.5 Å². The summed E-state index contributed by atoms with van der Waals surface area (Å²) in [7, 11) is 0. The van der Waals surface area contributed by atoms with Gasteiger partial charge in [-0.2, -0.15) is 0 Å². The number of carbonyl (C=O) groups excluding carboxylic acids is 1. The Labute approximate surface area is 121 Å². The van der Waals surface area contributed by atoms with Crippen LogP contribution in [0.1, 0.15) is 27.0 Å². The Kier molecular flexibility index (Phi) is 5.15. The van der Waals surface area contributed by atoms with Crippen LogP contribution >= 0.6 is 0 Å². The van der Waals surface area contributed by atoms with E-state index in [4.69, 9.17) is 0 Å². The number of aryl methyl sites for hydroxylation is 3. The maximum Gasteiger partial charge on any atom is 0.251 e. The minimum absolute atomic E-state index is 0.0511. The summed E-state index contributed by atoms with van der Waals surface area (Å²) < 4.78 is 0. The molecule has 1 aliphatic heterocycles. The minimum Gasteiger partial charge on any atom is -0.351 e. The molecule has 0 saturated carbocycles. The van der Waals surface area contributed by atoms with Crippen LogP contribution in [0.3, 0.4) is 0 Å². The number of hydrogen-bond donors (Lipinski definition) is 2. The third-order valence-corrected chi connectivity index (χ3v) is 3.83. The summed E-state index contributed by atoms with van der Waals surface area (Å²) >= 11 is 0. The largest absolute Gasteiger partial charge is 0.351 e. The zero-order chi connectivity index (χ0) is 14.5. The fraction of sp³-hybridized carbons (Fsp3) is 0.562. The van der Waals surface area contributed by atoms with Gasteiger partial charge in [0, 0.05) is 44.8 Å². The van der Waals surface area contributed by atoms with Gasteiger partial charge in [-0.1, -0.05) is 17.7 Å². The Morgan fingerprint density at radius 2 is 1.80 bits per heavy atom. The first-order chi connectivity index (χ1) is 9.58. The first kappa shape index (κ1) is 15.0. The maximum atomic E-state index is 12.3. The molecule has 4 heteroatoms. The molecule has 4 nitrogen and oxygen atoms in total. The van der Waals surface area contributed by atoms with Gasteiger partial charge in [0.15, 0.2) is 0 Å². The zero-order valence-electron chi connectivity index (χ0n) is 12.8. The van der Waals surface area contributed by atoms with Gasteiger partial charge in [-0.25, -0.2) is 0 Å². The predicted molar refractivity (Wildman–Crippen MR) is 82.3 cm³/mol. The van der Waals surface area contributed by atoms with E-state index in [1.807, 2.05) is 13.8 Å². The van der Waals surface area contributed by atoms with E-state index in [0.29, 0.717) is 6.54 Å². The number of benzene rings is 1. The molecule has 1 amide bonds.